The molecule has 0 unspecified atom stereocenters. The van der Waals surface area contributed by atoms with Crippen LogP contribution in [0.4, 0.5) is 0 Å². The highest BCUT2D eigenvalue weighted by atomic mass is 16.1. The average Bonchev–Trinajstić information content (AvgIpc) is 3.15. The highest BCUT2D eigenvalue weighted by Crippen LogP contribution is 2.15. The Balaban J connectivity index is 1.67. The Morgan fingerprint density at radius 3 is 2.32 bits per heavy atom. The molecule has 0 saturated carbocycles. The van der Waals surface area contributed by atoms with Crippen LogP contribution in [-0.4, -0.2) is 22.6 Å². The molecule has 142 valence electrons. The summed E-state index contributed by atoms with van der Waals surface area (Å²) in [6.45, 7) is 0.345. The van der Waals surface area contributed by atoms with Crippen LogP contribution in [0.3, 0.4) is 0 Å². The monoisotopic (exact) mass is 374 g/mol. The molecule has 0 aliphatic carbocycles. The van der Waals surface area contributed by atoms with Crippen molar-refractivity contribution in [1.82, 2.24) is 10.3 Å². The minimum atomic E-state index is -0.176. The second-order valence-corrected chi connectivity index (χ2v) is 6.48. The summed E-state index contributed by atoms with van der Waals surface area (Å²) in [5, 5.41) is 17.9. The minimum absolute atomic E-state index is 0.00288. The fraction of sp³-hybridized carbons (Fsp3) is 0.0952. The molecule has 2 aromatic carbocycles. The van der Waals surface area contributed by atoms with Crippen LogP contribution in [0.25, 0.3) is 0 Å². The normalized spacial score (nSPS) is 10.4. The average molecular weight is 374 g/mol. The number of aromatic nitrogens is 1. The minimum Gasteiger partial charge on any atom is -0.384 e. The Labute approximate surface area is 162 Å². The number of hydrogen-bond acceptors (Lipinski definition) is 3. The van der Waals surface area contributed by atoms with Crippen molar-refractivity contribution in [1.29, 1.82) is 10.8 Å². The Morgan fingerprint density at radius 2 is 1.64 bits per heavy atom. The number of aromatic amines is 1. The molecule has 0 aliphatic rings. The van der Waals surface area contributed by atoms with Gasteiger partial charge in [-0.2, -0.15) is 0 Å². The second-order valence-electron chi connectivity index (χ2n) is 6.48. The van der Waals surface area contributed by atoms with Gasteiger partial charge in [0, 0.05) is 30.1 Å². The molecule has 0 radical (unpaired) electrons. The van der Waals surface area contributed by atoms with Gasteiger partial charge in [-0.1, -0.05) is 42.5 Å². The van der Waals surface area contributed by atoms with Crippen LogP contribution in [0.1, 0.15) is 38.2 Å². The van der Waals surface area contributed by atoms with Crippen molar-refractivity contribution < 1.29 is 4.79 Å². The molecule has 28 heavy (non-hydrogen) atoms. The van der Waals surface area contributed by atoms with Crippen molar-refractivity contribution in [2.45, 2.75) is 13.0 Å². The molecule has 0 atom stereocenters. The first-order valence-corrected chi connectivity index (χ1v) is 8.74. The fourth-order valence-electron chi connectivity index (χ4n) is 2.90. The molecule has 0 saturated heterocycles. The Morgan fingerprint density at radius 1 is 0.929 bits per heavy atom. The zero-order chi connectivity index (χ0) is 20.1. The third kappa shape index (κ3) is 4.45. The molecule has 0 spiro atoms. The van der Waals surface area contributed by atoms with E-state index in [1.54, 1.807) is 30.5 Å². The van der Waals surface area contributed by atoms with Gasteiger partial charge in [-0.15, -0.1) is 0 Å². The van der Waals surface area contributed by atoms with Crippen LogP contribution >= 0.6 is 0 Å². The van der Waals surface area contributed by atoms with Crippen molar-refractivity contribution in [2.75, 3.05) is 0 Å². The predicted octanol–water partition coefficient (Wildman–Crippen LogP) is 2.10. The molecule has 8 N–H and O–H groups in total. The zero-order valence-corrected chi connectivity index (χ0v) is 15.3. The van der Waals surface area contributed by atoms with Crippen molar-refractivity contribution in [3.8, 4) is 0 Å². The third-order valence-electron chi connectivity index (χ3n) is 4.43. The van der Waals surface area contributed by atoms with E-state index in [9.17, 15) is 4.79 Å². The third-order valence-corrected chi connectivity index (χ3v) is 4.43. The van der Waals surface area contributed by atoms with E-state index in [0.717, 1.165) is 16.7 Å². The molecule has 3 aromatic rings. The molecular weight excluding hydrogens is 352 g/mol. The number of hydrogen-bond donors (Lipinski definition) is 6. The van der Waals surface area contributed by atoms with Crippen molar-refractivity contribution in [3.05, 3.63) is 94.3 Å². The summed E-state index contributed by atoms with van der Waals surface area (Å²) in [7, 11) is 0. The van der Waals surface area contributed by atoms with Gasteiger partial charge in [-0.05, 0) is 29.2 Å². The van der Waals surface area contributed by atoms with Crippen LogP contribution in [0, 0.1) is 10.8 Å². The van der Waals surface area contributed by atoms with E-state index in [0.29, 0.717) is 29.7 Å². The highest BCUT2D eigenvalue weighted by molar-refractivity contribution is 5.96. The van der Waals surface area contributed by atoms with Crippen LogP contribution in [-0.2, 0) is 13.0 Å². The Bertz CT molecular complexity index is 1020. The van der Waals surface area contributed by atoms with E-state index in [1.165, 1.54) is 0 Å². The quantitative estimate of drug-likeness (QED) is 0.278. The number of nitrogens with two attached hydrogens (primary N) is 2. The number of nitrogens with one attached hydrogen (secondary N) is 4. The SMILES string of the molecule is N=C(N)c1ccc(Cc2c[nH]cc2C(=O)NCc2cccc(C(=N)N)c2)cc1. The number of carbonyl (C=O) groups is 1. The van der Waals surface area contributed by atoms with E-state index in [1.807, 2.05) is 30.5 Å². The number of H-pyrrole nitrogens is 1. The van der Waals surface area contributed by atoms with E-state index in [2.05, 4.69) is 10.3 Å². The highest BCUT2D eigenvalue weighted by Gasteiger charge is 2.13. The fourth-order valence-corrected chi connectivity index (χ4v) is 2.90. The molecule has 1 aromatic heterocycles. The summed E-state index contributed by atoms with van der Waals surface area (Å²) in [6, 6.07) is 14.6. The zero-order valence-electron chi connectivity index (χ0n) is 15.3. The molecule has 1 heterocycles. The van der Waals surface area contributed by atoms with Crippen LogP contribution in [0.5, 0.6) is 0 Å². The number of amides is 1. The summed E-state index contributed by atoms with van der Waals surface area (Å²) in [5.41, 5.74) is 15.6. The lowest BCUT2D eigenvalue weighted by Gasteiger charge is -2.08. The lowest BCUT2D eigenvalue weighted by atomic mass is 10.0. The van der Waals surface area contributed by atoms with Gasteiger partial charge in [-0.3, -0.25) is 15.6 Å². The van der Waals surface area contributed by atoms with Crippen LogP contribution in [0.2, 0.25) is 0 Å². The standard InChI is InChI=1S/C21H22N6O/c22-19(23)15-6-4-13(5-7-15)8-17-11-26-12-18(17)21(28)27-10-14-2-1-3-16(9-14)20(24)25/h1-7,9,11-12,26H,8,10H2,(H3,22,23)(H3,24,25)(H,27,28). The van der Waals surface area contributed by atoms with E-state index < -0.39 is 0 Å². The lowest BCUT2D eigenvalue weighted by Crippen LogP contribution is -2.23. The van der Waals surface area contributed by atoms with Gasteiger partial charge in [-0.25, -0.2) is 0 Å². The summed E-state index contributed by atoms with van der Waals surface area (Å²) in [6.07, 6.45) is 4.08. The molecule has 1 amide bonds. The van der Waals surface area contributed by atoms with Crippen molar-refractivity contribution in [2.24, 2.45) is 11.5 Å². The van der Waals surface area contributed by atoms with Gasteiger partial charge in [0.25, 0.3) is 5.91 Å². The number of benzene rings is 2. The summed E-state index contributed by atoms with van der Waals surface area (Å²) in [4.78, 5) is 15.6. The summed E-state index contributed by atoms with van der Waals surface area (Å²) >= 11 is 0. The number of amidine groups is 2. The van der Waals surface area contributed by atoms with Gasteiger partial charge < -0.3 is 21.8 Å². The van der Waals surface area contributed by atoms with E-state index >= 15 is 0 Å². The predicted molar refractivity (Wildman–Crippen MR) is 110 cm³/mol. The first kappa shape index (κ1) is 18.9. The number of nitrogen functional groups attached to an aromatic ring is 2. The van der Waals surface area contributed by atoms with Gasteiger partial charge >= 0.3 is 0 Å². The van der Waals surface area contributed by atoms with Crippen LogP contribution in [0.15, 0.2) is 60.9 Å². The summed E-state index contributed by atoms with van der Waals surface area (Å²) < 4.78 is 0. The largest absolute Gasteiger partial charge is 0.384 e. The molecular formula is C21H22N6O. The molecule has 0 bridgehead atoms. The molecule has 7 nitrogen and oxygen atoms in total. The number of rotatable bonds is 7. The van der Waals surface area contributed by atoms with Gasteiger partial charge in [0.2, 0.25) is 0 Å². The Hall–Kier alpha value is -3.87. The maximum Gasteiger partial charge on any atom is 0.253 e. The van der Waals surface area contributed by atoms with Crippen molar-refractivity contribution >= 4 is 17.6 Å². The smallest absolute Gasteiger partial charge is 0.253 e. The molecule has 7 heteroatoms. The Kier molecular flexibility index (Phi) is 5.55. The van der Waals surface area contributed by atoms with E-state index in [4.69, 9.17) is 22.3 Å². The van der Waals surface area contributed by atoms with Gasteiger partial charge in [0.05, 0.1) is 5.56 Å². The van der Waals surface area contributed by atoms with Crippen LogP contribution < -0.4 is 16.8 Å². The number of carbonyl (C=O) groups excluding carboxylic acids is 1. The topological polar surface area (TPSA) is 145 Å². The molecule has 0 fully saturated rings. The van der Waals surface area contributed by atoms with Gasteiger partial charge in [0.15, 0.2) is 0 Å². The van der Waals surface area contributed by atoms with E-state index in [-0.39, 0.29) is 17.6 Å². The second kappa shape index (κ2) is 8.22. The maximum atomic E-state index is 12.6. The maximum absolute atomic E-state index is 12.6. The molecule has 3 rings (SSSR count). The first-order chi connectivity index (χ1) is 13.4. The molecule has 0 aliphatic heterocycles. The lowest BCUT2D eigenvalue weighted by molar-refractivity contribution is 0.0950. The van der Waals surface area contributed by atoms with Crippen molar-refractivity contribution in [3.63, 3.8) is 0 Å². The van der Waals surface area contributed by atoms with Gasteiger partial charge in [0.1, 0.15) is 11.7 Å². The first-order valence-electron chi connectivity index (χ1n) is 8.74. The summed E-state index contributed by atoms with van der Waals surface area (Å²) in [5.74, 6) is -0.149.